The number of amides is 2. The van der Waals surface area contributed by atoms with Gasteiger partial charge in [0.15, 0.2) is 0 Å². The summed E-state index contributed by atoms with van der Waals surface area (Å²) in [4.78, 5) is 28.9. The van der Waals surface area contributed by atoms with Crippen molar-refractivity contribution in [2.24, 2.45) is 0 Å². The zero-order valence-electron chi connectivity index (χ0n) is 23.2. The first-order valence-electron chi connectivity index (χ1n) is 13.2. The molecule has 0 saturated carbocycles. The van der Waals surface area contributed by atoms with Crippen LogP contribution in [-0.4, -0.2) is 44.8 Å². The zero-order chi connectivity index (χ0) is 30.3. The van der Waals surface area contributed by atoms with Crippen LogP contribution in [-0.2, 0) is 32.6 Å². The number of hydrogen-bond donors (Lipinski definition) is 1. The van der Waals surface area contributed by atoms with Crippen LogP contribution in [0.15, 0.2) is 108 Å². The fourth-order valence-corrected chi connectivity index (χ4v) is 6.22. The molecule has 0 heterocycles. The monoisotopic (exact) mass is 623 g/mol. The molecule has 1 N–H and O–H groups in total. The van der Waals surface area contributed by atoms with Crippen LogP contribution in [0.2, 0.25) is 10.0 Å². The molecule has 10 heteroatoms. The van der Waals surface area contributed by atoms with Crippen molar-refractivity contribution in [2.75, 3.05) is 17.9 Å². The number of carbonyl (C=O) groups is 2. The molecule has 0 aromatic heterocycles. The van der Waals surface area contributed by atoms with Crippen molar-refractivity contribution in [1.82, 2.24) is 10.2 Å². The lowest BCUT2D eigenvalue weighted by Gasteiger charge is -2.33. The molecule has 0 aliphatic carbocycles. The smallest absolute Gasteiger partial charge is 0.264 e. The molecule has 4 rings (SSSR count). The highest BCUT2D eigenvalue weighted by Gasteiger charge is 2.34. The topological polar surface area (TPSA) is 86.8 Å². The van der Waals surface area contributed by atoms with Crippen molar-refractivity contribution in [3.8, 4) is 0 Å². The van der Waals surface area contributed by atoms with E-state index in [-0.39, 0.29) is 29.5 Å². The Kier molecular flexibility index (Phi) is 10.3. The lowest BCUT2D eigenvalue weighted by atomic mass is 10.0. The fourth-order valence-electron chi connectivity index (χ4n) is 4.50. The maximum absolute atomic E-state index is 14.3. The Hall–Kier alpha value is -3.85. The SMILES string of the molecule is CNC(=O)[C@@H](Cc1ccccc1)N(Cc1ccc(C)cc1)C(=O)CN(c1cccc(Cl)c1)S(=O)(=O)c1ccc(Cl)cc1. The molecule has 218 valence electrons. The number of carbonyl (C=O) groups excluding carboxylic acids is 2. The Morgan fingerprint density at radius 3 is 2.10 bits per heavy atom. The van der Waals surface area contributed by atoms with Crippen LogP contribution in [0.3, 0.4) is 0 Å². The quantitative estimate of drug-likeness (QED) is 0.226. The van der Waals surface area contributed by atoms with Crippen LogP contribution in [0, 0.1) is 6.92 Å². The zero-order valence-corrected chi connectivity index (χ0v) is 25.5. The van der Waals surface area contributed by atoms with Gasteiger partial charge in [0.05, 0.1) is 10.6 Å². The van der Waals surface area contributed by atoms with E-state index in [1.165, 1.54) is 42.3 Å². The molecule has 0 fully saturated rings. The van der Waals surface area contributed by atoms with Crippen molar-refractivity contribution < 1.29 is 18.0 Å². The van der Waals surface area contributed by atoms with Crippen LogP contribution < -0.4 is 9.62 Å². The van der Waals surface area contributed by atoms with E-state index in [0.717, 1.165) is 21.0 Å². The van der Waals surface area contributed by atoms with Gasteiger partial charge in [0, 0.05) is 30.1 Å². The third kappa shape index (κ3) is 7.70. The first-order chi connectivity index (χ1) is 20.1. The summed E-state index contributed by atoms with van der Waals surface area (Å²) in [6.07, 6.45) is 0.235. The van der Waals surface area contributed by atoms with Crippen LogP contribution in [0.25, 0.3) is 0 Å². The van der Waals surface area contributed by atoms with Crippen molar-refractivity contribution in [2.45, 2.75) is 30.8 Å². The van der Waals surface area contributed by atoms with E-state index in [4.69, 9.17) is 23.2 Å². The Labute approximate surface area is 256 Å². The number of nitrogens with one attached hydrogen (secondary N) is 1. The van der Waals surface area contributed by atoms with Crippen LogP contribution >= 0.6 is 23.2 Å². The highest BCUT2D eigenvalue weighted by Crippen LogP contribution is 2.28. The molecule has 2 amide bonds. The summed E-state index contributed by atoms with van der Waals surface area (Å²) in [6.45, 7) is 1.48. The molecule has 0 unspecified atom stereocenters. The van der Waals surface area contributed by atoms with Gasteiger partial charge in [-0.05, 0) is 60.5 Å². The van der Waals surface area contributed by atoms with Gasteiger partial charge in [0.1, 0.15) is 12.6 Å². The van der Waals surface area contributed by atoms with Crippen molar-refractivity contribution >= 4 is 50.7 Å². The predicted octanol–water partition coefficient (Wildman–Crippen LogP) is 5.88. The van der Waals surface area contributed by atoms with Crippen molar-refractivity contribution in [3.63, 3.8) is 0 Å². The standard InChI is InChI=1S/C32H31Cl2N3O4S/c1-23-11-13-25(14-12-23)21-36(30(32(39)35-2)19-24-7-4-3-5-8-24)31(38)22-37(28-10-6-9-27(34)20-28)42(40,41)29-17-15-26(33)16-18-29/h3-18,20,30H,19,21-22H2,1-2H3,(H,35,39)/t30-/m1/s1. The maximum Gasteiger partial charge on any atom is 0.264 e. The Balaban J connectivity index is 1.78. The number of anilines is 1. The maximum atomic E-state index is 14.3. The average Bonchev–Trinajstić information content (AvgIpc) is 2.98. The largest absolute Gasteiger partial charge is 0.357 e. The molecule has 4 aromatic rings. The van der Waals surface area contributed by atoms with E-state index in [9.17, 15) is 18.0 Å². The van der Waals surface area contributed by atoms with Crippen LogP contribution in [0.5, 0.6) is 0 Å². The second kappa shape index (κ2) is 13.9. The van der Waals surface area contributed by atoms with Crippen LogP contribution in [0.4, 0.5) is 5.69 Å². The number of benzene rings is 4. The molecule has 4 aromatic carbocycles. The van der Waals surface area contributed by atoms with Gasteiger partial charge in [0.25, 0.3) is 10.0 Å². The lowest BCUT2D eigenvalue weighted by Crippen LogP contribution is -2.53. The summed E-state index contributed by atoms with van der Waals surface area (Å²) in [5.41, 5.74) is 2.91. The van der Waals surface area contributed by atoms with E-state index in [1.807, 2.05) is 61.5 Å². The number of likely N-dealkylation sites (N-methyl/N-ethyl adjacent to an activating group) is 1. The minimum Gasteiger partial charge on any atom is -0.357 e. The summed E-state index contributed by atoms with van der Waals surface area (Å²) < 4.78 is 28.9. The van der Waals surface area contributed by atoms with Crippen molar-refractivity contribution in [1.29, 1.82) is 0 Å². The second-order valence-corrected chi connectivity index (χ2v) is 12.5. The lowest BCUT2D eigenvalue weighted by molar-refractivity contribution is -0.139. The first kappa shape index (κ1) is 31.1. The summed E-state index contributed by atoms with van der Waals surface area (Å²) in [5, 5.41) is 3.35. The Bertz CT molecular complexity index is 1630. The summed E-state index contributed by atoms with van der Waals surface area (Å²) in [6, 6.07) is 28.1. The number of sulfonamides is 1. The molecule has 0 aliphatic heterocycles. The van der Waals surface area contributed by atoms with Gasteiger partial charge in [-0.2, -0.15) is 0 Å². The number of halogens is 2. The summed E-state index contributed by atoms with van der Waals surface area (Å²) in [5.74, 6) is -0.924. The van der Waals surface area contributed by atoms with Gasteiger partial charge in [-0.15, -0.1) is 0 Å². The molecule has 0 bridgehead atoms. The highest BCUT2D eigenvalue weighted by molar-refractivity contribution is 7.92. The molecular weight excluding hydrogens is 593 g/mol. The van der Waals surface area contributed by atoms with Gasteiger partial charge in [-0.25, -0.2) is 8.42 Å². The number of hydrogen-bond acceptors (Lipinski definition) is 4. The van der Waals surface area contributed by atoms with Gasteiger partial charge >= 0.3 is 0 Å². The fraction of sp³-hybridized carbons (Fsp3) is 0.188. The first-order valence-corrected chi connectivity index (χ1v) is 15.4. The van der Waals surface area contributed by atoms with Crippen LogP contribution in [0.1, 0.15) is 16.7 Å². The number of aryl methyl sites for hydroxylation is 1. The summed E-state index contributed by atoms with van der Waals surface area (Å²) >= 11 is 12.3. The minimum atomic E-state index is -4.24. The van der Waals surface area contributed by atoms with E-state index in [1.54, 1.807) is 18.2 Å². The van der Waals surface area contributed by atoms with Gasteiger partial charge < -0.3 is 10.2 Å². The molecule has 7 nitrogen and oxygen atoms in total. The van der Waals surface area contributed by atoms with E-state index in [0.29, 0.717) is 10.0 Å². The third-order valence-corrected chi connectivity index (χ3v) is 9.04. The average molecular weight is 625 g/mol. The van der Waals surface area contributed by atoms with E-state index in [2.05, 4.69) is 5.32 Å². The Morgan fingerprint density at radius 1 is 0.810 bits per heavy atom. The molecule has 0 spiro atoms. The van der Waals surface area contributed by atoms with Crippen molar-refractivity contribution in [3.05, 3.63) is 130 Å². The third-order valence-electron chi connectivity index (χ3n) is 6.77. The molecule has 0 radical (unpaired) electrons. The van der Waals surface area contributed by atoms with E-state index >= 15 is 0 Å². The summed E-state index contributed by atoms with van der Waals surface area (Å²) in [7, 11) is -2.73. The van der Waals surface area contributed by atoms with Gasteiger partial charge in [-0.1, -0.05) is 89.4 Å². The highest BCUT2D eigenvalue weighted by atomic mass is 35.5. The predicted molar refractivity (Wildman–Crippen MR) is 167 cm³/mol. The number of rotatable bonds is 11. The molecular formula is C32H31Cl2N3O4S. The molecule has 0 saturated heterocycles. The van der Waals surface area contributed by atoms with Gasteiger partial charge in [0.2, 0.25) is 11.8 Å². The second-order valence-electron chi connectivity index (χ2n) is 9.77. The molecule has 42 heavy (non-hydrogen) atoms. The molecule has 1 atom stereocenters. The number of nitrogens with zero attached hydrogens (tertiary/aromatic N) is 2. The minimum absolute atomic E-state index is 0.0445. The van der Waals surface area contributed by atoms with E-state index < -0.39 is 28.5 Å². The molecule has 0 aliphatic rings. The normalized spacial score (nSPS) is 11.9. The Morgan fingerprint density at radius 2 is 1.48 bits per heavy atom. The van der Waals surface area contributed by atoms with Gasteiger partial charge in [-0.3, -0.25) is 13.9 Å².